The predicted molar refractivity (Wildman–Crippen MR) is 103 cm³/mol. The first-order chi connectivity index (χ1) is 12.9. The third kappa shape index (κ3) is 2.95. The van der Waals surface area contributed by atoms with Crippen LogP contribution in [0.25, 0.3) is 11.0 Å². The Kier molecular flexibility index (Phi) is 3.95. The number of fused-ring (bicyclic) bond motifs is 1. The molecule has 1 saturated heterocycles. The number of nitrogen functional groups attached to an aromatic ring is 1. The van der Waals surface area contributed by atoms with Crippen molar-refractivity contribution in [1.29, 1.82) is 0 Å². The summed E-state index contributed by atoms with van der Waals surface area (Å²) in [6.07, 6.45) is 0.533. The minimum absolute atomic E-state index is 0.218. The minimum atomic E-state index is -0.685. The second-order valence-corrected chi connectivity index (χ2v) is 6.63. The monoisotopic (exact) mass is 365 g/mol. The molecule has 0 saturated carbocycles. The van der Waals surface area contributed by atoms with Gasteiger partial charge in [0.2, 0.25) is 11.8 Å². The van der Waals surface area contributed by atoms with Crippen LogP contribution in [0, 0.1) is 0 Å². The molecule has 1 aliphatic rings. The fourth-order valence-corrected chi connectivity index (χ4v) is 3.40. The highest BCUT2D eigenvalue weighted by molar-refractivity contribution is 6.00. The topological polar surface area (TPSA) is 111 Å². The summed E-state index contributed by atoms with van der Waals surface area (Å²) in [7, 11) is 1.67. The standard InChI is InChI=1S/C19H19N5O3/c1-23-16-10-13(21-12-4-2-11(20)3-5-12)6-7-14(16)24(19(23)27)15-8-9-17(25)22-18(15)26/h2-7,10,15,21H,8-9,20H2,1H3,(H,22,25,26). The maximum absolute atomic E-state index is 12.7. The first-order valence-electron chi connectivity index (χ1n) is 8.61. The highest BCUT2D eigenvalue weighted by atomic mass is 16.2. The molecule has 1 fully saturated rings. The fourth-order valence-electron chi connectivity index (χ4n) is 3.40. The number of aryl methyl sites for hydroxylation is 1. The Morgan fingerprint density at radius 3 is 2.44 bits per heavy atom. The molecule has 2 aromatic carbocycles. The lowest BCUT2D eigenvalue weighted by atomic mass is 10.1. The zero-order valence-corrected chi connectivity index (χ0v) is 14.7. The van der Waals surface area contributed by atoms with E-state index in [1.54, 1.807) is 25.2 Å². The summed E-state index contributed by atoms with van der Waals surface area (Å²) in [4.78, 5) is 36.4. The van der Waals surface area contributed by atoms with Crippen molar-refractivity contribution in [3.05, 3.63) is 52.9 Å². The van der Waals surface area contributed by atoms with Gasteiger partial charge in [-0.25, -0.2) is 4.79 Å². The zero-order valence-electron chi connectivity index (χ0n) is 14.7. The number of hydrogen-bond donors (Lipinski definition) is 3. The first-order valence-corrected chi connectivity index (χ1v) is 8.61. The fraction of sp³-hybridized carbons (Fsp3) is 0.211. The molecule has 2 heterocycles. The van der Waals surface area contributed by atoms with Gasteiger partial charge in [-0.15, -0.1) is 0 Å². The van der Waals surface area contributed by atoms with E-state index in [-0.39, 0.29) is 18.0 Å². The van der Waals surface area contributed by atoms with Crippen molar-refractivity contribution in [3.63, 3.8) is 0 Å². The average molecular weight is 365 g/mol. The van der Waals surface area contributed by atoms with Gasteiger partial charge in [-0.2, -0.15) is 0 Å². The van der Waals surface area contributed by atoms with E-state index in [9.17, 15) is 14.4 Å². The van der Waals surface area contributed by atoms with Crippen molar-refractivity contribution < 1.29 is 9.59 Å². The number of carbonyl (C=O) groups excluding carboxylic acids is 2. The molecular weight excluding hydrogens is 346 g/mol. The van der Waals surface area contributed by atoms with Gasteiger partial charge < -0.3 is 11.1 Å². The second kappa shape index (κ2) is 6.31. The number of carbonyl (C=O) groups is 2. The zero-order chi connectivity index (χ0) is 19.1. The molecule has 0 aliphatic carbocycles. The summed E-state index contributed by atoms with van der Waals surface area (Å²) in [5.74, 6) is -0.746. The maximum Gasteiger partial charge on any atom is 0.329 e. The van der Waals surface area contributed by atoms with Crippen LogP contribution in [0.1, 0.15) is 18.9 Å². The Hall–Kier alpha value is -3.55. The number of aromatic nitrogens is 2. The van der Waals surface area contributed by atoms with Gasteiger partial charge in [-0.05, 0) is 48.9 Å². The molecule has 8 heteroatoms. The number of imidazole rings is 1. The van der Waals surface area contributed by atoms with Crippen LogP contribution < -0.4 is 22.1 Å². The normalized spacial score (nSPS) is 17.1. The summed E-state index contributed by atoms with van der Waals surface area (Å²) in [5, 5.41) is 5.58. The molecule has 0 bridgehead atoms. The summed E-state index contributed by atoms with van der Waals surface area (Å²) < 4.78 is 2.97. The Morgan fingerprint density at radius 2 is 1.74 bits per heavy atom. The van der Waals surface area contributed by atoms with Crippen molar-refractivity contribution in [2.75, 3.05) is 11.1 Å². The third-order valence-electron chi connectivity index (χ3n) is 4.81. The lowest BCUT2D eigenvalue weighted by molar-refractivity contribution is -0.135. The van der Waals surface area contributed by atoms with Crippen molar-refractivity contribution in [1.82, 2.24) is 14.5 Å². The third-order valence-corrected chi connectivity index (χ3v) is 4.81. The molecule has 8 nitrogen and oxygen atoms in total. The molecule has 1 unspecified atom stereocenters. The number of rotatable bonds is 3. The molecule has 1 aliphatic heterocycles. The Morgan fingerprint density at radius 1 is 1.04 bits per heavy atom. The number of hydrogen-bond acceptors (Lipinski definition) is 5. The van der Waals surface area contributed by atoms with Gasteiger partial charge in [0.25, 0.3) is 0 Å². The van der Waals surface area contributed by atoms with Crippen LogP contribution in [0.15, 0.2) is 47.3 Å². The van der Waals surface area contributed by atoms with E-state index in [1.165, 1.54) is 9.13 Å². The molecule has 4 N–H and O–H groups in total. The number of nitrogens with two attached hydrogens (primary N) is 1. The van der Waals surface area contributed by atoms with E-state index < -0.39 is 11.9 Å². The van der Waals surface area contributed by atoms with Crippen molar-refractivity contribution >= 4 is 39.9 Å². The smallest absolute Gasteiger partial charge is 0.329 e. The van der Waals surface area contributed by atoms with E-state index in [0.717, 1.165) is 11.4 Å². The average Bonchev–Trinajstić information content (AvgIpc) is 2.88. The Labute approximate surface area is 154 Å². The predicted octanol–water partition coefficient (Wildman–Crippen LogP) is 1.64. The van der Waals surface area contributed by atoms with E-state index in [1.807, 2.05) is 24.3 Å². The minimum Gasteiger partial charge on any atom is -0.399 e. The van der Waals surface area contributed by atoms with Gasteiger partial charge in [-0.1, -0.05) is 0 Å². The molecular formula is C19H19N5O3. The summed E-state index contributed by atoms with van der Waals surface area (Å²) in [6, 6.07) is 12.2. The SMILES string of the molecule is Cn1c(=O)n(C2CCC(=O)NC2=O)c2ccc(Nc3ccc(N)cc3)cc21. The lowest BCUT2D eigenvalue weighted by Crippen LogP contribution is -2.44. The van der Waals surface area contributed by atoms with Crippen LogP contribution in [-0.2, 0) is 16.6 Å². The Bertz CT molecular complexity index is 1110. The van der Waals surface area contributed by atoms with Gasteiger partial charge in [0.05, 0.1) is 11.0 Å². The number of piperidine rings is 1. The van der Waals surface area contributed by atoms with Gasteiger partial charge in [0.1, 0.15) is 6.04 Å². The number of imide groups is 1. The van der Waals surface area contributed by atoms with Crippen molar-refractivity contribution in [3.8, 4) is 0 Å². The first kappa shape index (κ1) is 16.9. The van der Waals surface area contributed by atoms with Gasteiger partial charge in [0.15, 0.2) is 0 Å². The van der Waals surface area contributed by atoms with Crippen molar-refractivity contribution in [2.45, 2.75) is 18.9 Å². The summed E-state index contributed by atoms with van der Waals surface area (Å²) >= 11 is 0. The number of amides is 2. The molecule has 4 rings (SSSR count). The summed E-state index contributed by atoms with van der Waals surface area (Å²) in [6.45, 7) is 0. The number of nitrogens with zero attached hydrogens (tertiary/aromatic N) is 2. The van der Waals surface area contributed by atoms with E-state index in [4.69, 9.17) is 5.73 Å². The maximum atomic E-state index is 12.7. The van der Waals surface area contributed by atoms with Crippen molar-refractivity contribution in [2.24, 2.45) is 7.05 Å². The van der Waals surface area contributed by atoms with Crippen LogP contribution in [0.3, 0.4) is 0 Å². The quantitative estimate of drug-likeness (QED) is 0.483. The molecule has 1 aromatic heterocycles. The van der Waals surface area contributed by atoms with E-state index >= 15 is 0 Å². The van der Waals surface area contributed by atoms with Gasteiger partial charge >= 0.3 is 5.69 Å². The molecule has 2 amide bonds. The van der Waals surface area contributed by atoms with Crippen LogP contribution in [0.4, 0.5) is 17.1 Å². The van der Waals surface area contributed by atoms with Crippen LogP contribution in [0.5, 0.6) is 0 Å². The van der Waals surface area contributed by atoms with Crippen LogP contribution in [0.2, 0.25) is 0 Å². The molecule has 138 valence electrons. The second-order valence-electron chi connectivity index (χ2n) is 6.63. The van der Waals surface area contributed by atoms with Gasteiger partial charge in [0, 0.05) is 30.5 Å². The molecule has 0 spiro atoms. The Balaban J connectivity index is 1.74. The highest BCUT2D eigenvalue weighted by Gasteiger charge is 2.31. The highest BCUT2D eigenvalue weighted by Crippen LogP contribution is 2.26. The van der Waals surface area contributed by atoms with Crippen LogP contribution >= 0.6 is 0 Å². The number of anilines is 3. The largest absolute Gasteiger partial charge is 0.399 e. The van der Waals surface area contributed by atoms with Crippen LogP contribution in [-0.4, -0.2) is 20.9 Å². The molecule has 27 heavy (non-hydrogen) atoms. The van der Waals surface area contributed by atoms with E-state index in [0.29, 0.717) is 23.1 Å². The number of benzene rings is 2. The molecule has 1 atom stereocenters. The summed E-state index contributed by atoms with van der Waals surface area (Å²) in [5.41, 5.74) is 9.13. The lowest BCUT2D eigenvalue weighted by Gasteiger charge is -2.21. The number of nitrogens with one attached hydrogen (secondary N) is 2. The van der Waals surface area contributed by atoms with E-state index in [2.05, 4.69) is 10.6 Å². The molecule has 3 aromatic rings. The van der Waals surface area contributed by atoms with Gasteiger partial charge in [-0.3, -0.25) is 24.0 Å². The molecule has 0 radical (unpaired) electrons.